The Hall–Kier alpha value is -1.06. The molecule has 1 aliphatic rings. The van der Waals surface area contributed by atoms with Crippen LogP contribution in [0.4, 0.5) is 5.69 Å². The third-order valence-electron chi connectivity index (χ3n) is 3.43. The lowest BCUT2D eigenvalue weighted by atomic mass is 9.94. The van der Waals surface area contributed by atoms with Gasteiger partial charge in [-0.15, -0.1) is 0 Å². The molecule has 0 fully saturated rings. The van der Waals surface area contributed by atoms with Crippen molar-refractivity contribution in [2.45, 2.75) is 45.1 Å². The first-order valence-electron chi connectivity index (χ1n) is 6.40. The molecule has 1 aliphatic heterocycles. The number of hydrogen-bond acceptors (Lipinski definition) is 2. The Labute approximate surface area is 112 Å². The highest BCUT2D eigenvalue weighted by Gasteiger charge is 2.32. The van der Waals surface area contributed by atoms with Crippen molar-refractivity contribution in [2.24, 2.45) is 0 Å². The smallest absolute Gasteiger partial charge is 0.232 e. The van der Waals surface area contributed by atoms with E-state index in [0.29, 0.717) is 11.4 Å². The zero-order valence-corrected chi connectivity index (χ0v) is 11.4. The van der Waals surface area contributed by atoms with Crippen LogP contribution in [-0.2, 0) is 4.79 Å². The fourth-order valence-electron chi connectivity index (χ4n) is 2.52. The highest BCUT2D eigenvalue weighted by atomic mass is 35.5. The molecule has 3 nitrogen and oxygen atoms in total. The number of carbonyl (C=O) groups excluding carboxylic acids is 1. The maximum atomic E-state index is 11.9. The fraction of sp³-hybridized carbons (Fsp3) is 0.500. The summed E-state index contributed by atoms with van der Waals surface area (Å²) < 4.78 is 0. The molecule has 2 rings (SSSR count). The van der Waals surface area contributed by atoms with Crippen LogP contribution in [0.15, 0.2) is 12.1 Å². The Morgan fingerprint density at radius 1 is 1.44 bits per heavy atom. The predicted octanol–water partition coefficient (Wildman–Crippen LogP) is 3.62. The number of benzene rings is 1. The minimum absolute atomic E-state index is 0.000264. The lowest BCUT2D eigenvalue weighted by molar-refractivity contribution is -0.117. The number of amides is 1. The van der Waals surface area contributed by atoms with Crippen LogP contribution in [0.25, 0.3) is 0 Å². The van der Waals surface area contributed by atoms with Gasteiger partial charge in [-0.1, -0.05) is 31.9 Å². The average Bonchev–Trinajstić information content (AvgIpc) is 2.63. The number of halogens is 1. The van der Waals surface area contributed by atoms with Gasteiger partial charge in [0.15, 0.2) is 0 Å². The van der Waals surface area contributed by atoms with Crippen molar-refractivity contribution in [3.05, 3.63) is 28.3 Å². The summed E-state index contributed by atoms with van der Waals surface area (Å²) in [4.78, 5) is 11.9. The van der Waals surface area contributed by atoms with Crippen molar-refractivity contribution in [1.82, 2.24) is 0 Å². The topological polar surface area (TPSA) is 49.3 Å². The van der Waals surface area contributed by atoms with Crippen molar-refractivity contribution in [1.29, 1.82) is 0 Å². The van der Waals surface area contributed by atoms with Crippen LogP contribution in [0.1, 0.15) is 56.3 Å². The highest BCUT2D eigenvalue weighted by Crippen LogP contribution is 2.41. The molecular formula is C14H18ClNO2. The van der Waals surface area contributed by atoms with E-state index in [1.807, 2.05) is 19.9 Å². The summed E-state index contributed by atoms with van der Waals surface area (Å²) in [6.07, 6.45) is 1.72. The van der Waals surface area contributed by atoms with Crippen molar-refractivity contribution >= 4 is 23.2 Å². The summed E-state index contributed by atoms with van der Waals surface area (Å²) >= 11 is 6.09. The number of fused-ring (bicyclic) bond motifs is 1. The van der Waals surface area contributed by atoms with Crippen LogP contribution in [-0.4, -0.2) is 11.0 Å². The zero-order valence-electron chi connectivity index (χ0n) is 10.7. The first-order valence-corrected chi connectivity index (χ1v) is 6.78. The van der Waals surface area contributed by atoms with Gasteiger partial charge >= 0.3 is 0 Å². The second-order valence-electron chi connectivity index (χ2n) is 4.71. The number of rotatable bonds is 4. The van der Waals surface area contributed by atoms with Crippen LogP contribution in [0.2, 0.25) is 5.02 Å². The van der Waals surface area contributed by atoms with Crippen molar-refractivity contribution in [3.8, 4) is 0 Å². The van der Waals surface area contributed by atoms with Gasteiger partial charge in [-0.25, -0.2) is 0 Å². The zero-order chi connectivity index (χ0) is 13.3. The summed E-state index contributed by atoms with van der Waals surface area (Å²) in [6, 6.07) is 3.57. The van der Waals surface area contributed by atoms with Crippen LogP contribution in [0.5, 0.6) is 0 Å². The first kappa shape index (κ1) is 13.4. The van der Waals surface area contributed by atoms with Gasteiger partial charge in [0, 0.05) is 10.6 Å². The van der Waals surface area contributed by atoms with Crippen molar-refractivity contribution in [3.63, 3.8) is 0 Å². The van der Waals surface area contributed by atoms with Gasteiger partial charge in [0.05, 0.1) is 17.7 Å². The van der Waals surface area contributed by atoms with Crippen LogP contribution < -0.4 is 5.32 Å². The molecule has 0 saturated carbocycles. The second kappa shape index (κ2) is 5.29. The number of hydrogen-bond donors (Lipinski definition) is 2. The van der Waals surface area contributed by atoms with Gasteiger partial charge in [0.1, 0.15) is 0 Å². The molecule has 0 saturated heterocycles. The van der Waals surface area contributed by atoms with Crippen LogP contribution in [0, 0.1) is 0 Å². The molecule has 1 amide bonds. The molecule has 0 aliphatic carbocycles. The molecule has 0 aromatic heterocycles. The largest absolute Gasteiger partial charge is 0.388 e. The van der Waals surface area contributed by atoms with Crippen molar-refractivity contribution < 1.29 is 9.90 Å². The van der Waals surface area contributed by atoms with E-state index in [1.54, 1.807) is 6.07 Å². The summed E-state index contributed by atoms with van der Waals surface area (Å²) in [7, 11) is 0. The van der Waals surface area contributed by atoms with E-state index in [0.717, 1.165) is 29.7 Å². The van der Waals surface area contributed by atoms with Gasteiger partial charge in [-0.05, 0) is 30.5 Å². The third-order valence-corrected chi connectivity index (χ3v) is 3.65. The molecule has 0 radical (unpaired) electrons. The fourth-order valence-corrected chi connectivity index (χ4v) is 2.75. The first-order chi connectivity index (χ1) is 8.58. The minimum atomic E-state index is -0.571. The molecule has 2 unspecified atom stereocenters. The normalized spacial score (nSPS) is 19.6. The molecule has 1 aromatic rings. The standard InChI is InChI=1S/C14H18ClNO2/c1-3-5-12(17)11-7-8(15)6-10-9(4-2)14(18)16-13(10)11/h6-7,9,12,17H,3-5H2,1-2H3,(H,16,18). The van der Waals surface area contributed by atoms with Crippen LogP contribution >= 0.6 is 11.6 Å². The molecule has 18 heavy (non-hydrogen) atoms. The molecule has 1 heterocycles. The van der Waals surface area contributed by atoms with Crippen LogP contribution in [0.3, 0.4) is 0 Å². The van der Waals surface area contributed by atoms with Gasteiger partial charge in [-0.3, -0.25) is 4.79 Å². The molecule has 4 heteroatoms. The molecule has 0 spiro atoms. The Bertz CT molecular complexity index is 473. The van der Waals surface area contributed by atoms with E-state index in [9.17, 15) is 9.90 Å². The van der Waals surface area contributed by atoms with E-state index in [-0.39, 0.29) is 11.8 Å². The summed E-state index contributed by atoms with van der Waals surface area (Å²) in [6.45, 7) is 3.99. The quantitative estimate of drug-likeness (QED) is 0.875. The van der Waals surface area contributed by atoms with Gasteiger partial charge < -0.3 is 10.4 Å². The van der Waals surface area contributed by atoms with E-state index in [4.69, 9.17) is 11.6 Å². The SMILES string of the molecule is CCCC(O)c1cc(Cl)cc2c1NC(=O)C2CC. The Morgan fingerprint density at radius 2 is 2.17 bits per heavy atom. The molecule has 2 atom stereocenters. The lowest BCUT2D eigenvalue weighted by Crippen LogP contribution is -2.11. The van der Waals surface area contributed by atoms with E-state index >= 15 is 0 Å². The average molecular weight is 268 g/mol. The Kier molecular flexibility index (Phi) is 3.93. The molecular weight excluding hydrogens is 250 g/mol. The van der Waals surface area contributed by atoms with E-state index in [2.05, 4.69) is 5.32 Å². The summed E-state index contributed by atoms with van der Waals surface area (Å²) in [5.74, 6) is -0.147. The monoisotopic (exact) mass is 267 g/mol. The second-order valence-corrected chi connectivity index (χ2v) is 5.15. The minimum Gasteiger partial charge on any atom is -0.388 e. The highest BCUT2D eigenvalue weighted by molar-refractivity contribution is 6.31. The maximum absolute atomic E-state index is 11.9. The van der Waals surface area contributed by atoms with Crippen molar-refractivity contribution in [2.75, 3.05) is 5.32 Å². The number of anilines is 1. The number of aliphatic hydroxyl groups excluding tert-OH is 1. The van der Waals surface area contributed by atoms with E-state index in [1.165, 1.54) is 0 Å². The number of nitrogens with one attached hydrogen (secondary N) is 1. The Morgan fingerprint density at radius 3 is 2.78 bits per heavy atom. The molecule has 98 valence electrons. The Balaban J connectivity index is 2.48. The summed E-state index contributed by atoms with van der Waals surface area (Å²) in [5.41, 5.74) is 2.42. The van der Waals surface area contributed by atoms with Gasteiger partial charge in [-0.2, -0.15) is 0 Å². The maximum Gasteiger partial charge on any atom is 0.232 e. The van der Waals surface area contributed by atoms with Gasteiger partial charge in [0.25, 0.3) is 0 Å². The number of aliphatic hydroxyl groups is 1. The number of carbonyl (C=O) groups is 1. The molecule has 0 bridgehead atoms. The lowest BCUT2D eigenvalue weighted by Gasteiger charge is -2.15. The summed E-state index contributed by atoms with van der Waals surface area (Å²) in [5, 5.41) is 13.6. The predicted molar refractivity (Wildman–Crippen MR) is 73.0 cm³/mol. The third kappa shape index (κ3) is 2.25. The van der Waals surface area contributed by atoms with E-state index < -0.39 is 6.10 Å². The molecule has 2 N–H and O–H groups in total. The molecule has 1 aromatic carbocycles. The van der Waals surface area contributed by atoms with Gasteiger partial charge in [0.2, 0.25) is 5.91 Å².